The van der Waals surface area contributed by atoms with Crippen LogP contribution in [0.25, 0.3) is 0 Å². The summed E-state index contributed by atoms with van der Waals surface area (Å²) in [5.41, 5.74) is 0. The van der Waals surface area contributed by atoms with Gasteiger partial charge in [-0.15, -0.1) is 0 Å². The number of aliphatic hydroxyl groups excluding tert-OH is 1. The van der Waals surface area contributed by atoms with Crippen LogP contribution >= 0.6 is 0 Å². The molecular formula is C8H15NO3S. The van der Waals surface area contributed by atoms with Gasteiger partial charge in [0.25, 0.3) is 0 Å². The van der Waals surface area contributed by atoms with Crippen molar-refractivity contribution < 1.29 is 14.1 Å². The largest absolute Gasteiger partial charge is 0.395 e. The van der Waals surface area contributed by atoms with E-state index in [2.05, 4.69) is 0 Å². The highest BCUT2D eigenvalue weighted by molar-refractivity contribution is 7.85. The molecule has 1 aliphatic rings. The highest BCUT2D eigenvalue weighted by atomic mass is 32.2. The van der Waals surface area contributed by atoms with E-state index < -0.39 is 10.8 Å². The van der Waals surface area contributed by atoms with Crippen molar-refractivity contribution in [2.45, 2.75) is 12.8 Å². The summed E-state index contributed by atoms with van der Waals surface area (Å²) in [4.78, 5) is 13.1. The smallest absolute Gasteiger partial charge is 0.235 e. The molecular weight excluding hydrogens is 190 g/mol. The van der Waals surface area contributed by atoms with Crippen LogP contribution in [0.4, 0.5) is 0 Å². The zero-order chi connectivity index (χ0) is 9.68. The lowest BCUT2D eigenvalue weighted by Gasteiger charge is -2.14. The third-order valence-electron chi connectivity index (χ3n) is 2.06. The Morgan fingerprint density at radius 2 is 2.00 bits per heavy atom. The van der Waals surface area contributed by atoms with Crippen LogP contribution in [0.15, 0.2) is 0 Å². The summed E-state index contributed by atoms with van der Waals surface area (Å²) < 4.78 is 11.1. The first kappa shape index (κ1) is 10.7. The fraction of sp³-hybridized carbons (Fsp3) is 0.875. The first-order valence-electron chi connectivity index (χ1n) is 4.47. The van der Waals surface area contributed by atoms with Gasteiger partial charge in [-0.25, -0.2) is 0 Å². The highest BCUT2D eigenvalue weighted by Gasteiger charge is 2.19. The summed E-state index contributed by atoms with van der Waals surface area (Å²) in [6.45, 7) is 1.49. The molecule has 5 heteroatoms. The molecule has 0 aromatic heterocycles. The van der Waals surface area contributed by atoms with E-state index in [-0.39, 0.29) is 24.0 Å². The molecule has 1 unspecified atom stereocenters. The van der Waals surface area contributed by atoms with Crippen molar-refractivity contribution in [3.8, 4) is 0 Å². The SMILES string of the molecule is O=C(CS(=O)CCO)N1CCCC1. The van der Waals surface area contributed by atoms with Crippen molar-refractivity contribution in [2.24, 2.45) is 0 Å². The van der Waals surface area contributed by atoms with Crippen LogP contribution in [0.2, 0.25) is 0 Å². The predicted octanol–water partition coefficient (Wildman–Crippen LogP) is -0.650. The molecule has 1 atom stereocenters. The molecule has 13 heavy (non-hydrogen) atoms. The number of likely N-dealkylation sites (tertiary alicyclic amines) is 1. The number of hydrogen-bond donors (Lipinski definition) is 1. The molecule has 1 saturated heterocycles. The second-order valence-corrected chi connectivity index (χ2v) is 4.68. The molecule has 1 fully saturated rings. The van der Waals surface area contributed by atoms with Crippen LogP contribution in [0.5, 0.6) is 0 Å². The van der Waals surface area contributed by atoms with Gasteiger partial charge in [-0.1, -0.05) is 0 Å². The van der Waals surface area contributed by atoms with Gasteiger partial charge in [-0.3, -0.25) is 9.00 Å². The Morgan fingerprint density at radius 1 is 1.38 bits per heavy atom. The Balaban J connectivity index is 2.27. The maximum absolute atomic E-state index is 11.4. The molecule has 0 aromatic carbocycles. The normalized spacial score (nSPS) is 19.0. The minimum atomic E-state index is -1.19. The number of carbonyl (C=O) groups excluding carboxylic acids is 1. The Morgan fingerprint density at radius 3 is 2.54 bits per heavy atom. The molecule has 0 spiro atoms. The van der Waals surface area contributed by atoms with E-state index in [0.29, 0.717) is 0 Å². The fourth-order valence-electron chi connectivity index (χ4n) is 1.37. The summed E-state index contributed by atoms with van der Waals surface area (Å²) in [6.07, 6.45) is 2.11. The average Bonchev–Trinajstić information content (AvgIpc) is 2.55. The van der Waals surface area contributed by atoms with Crippen molar-refractivity contribution >= 4 is 16.7 Å². The number of amides is 1. The summed E-state index contributed by atoms with van der Waals surface area (Å²) >= 11 is 0. The van der Waals surface area contributed by atoms with Crippen LogP contribution in [-0.2, 0) is 15.6 Å². The van der Waals surface area contributed by atoms with Gasteiger partial charge in [0, 0.05) is 29.6 Å². The molecule has 76 valence electrons. The Kier molecular flexibility index (Phi) is 4.38. The number of aliphatic hydroxyl groups is 1. The van der Waals surface area contributed by atoms with Gasteiger partial charge in [0.1, 0.15) is 5.75 Å². The van der Waals surface area contributed by atoms with Crippen LogP contribution in [0.1, 0.15) is 12.8 Å². The minimum Gasteiger partial charge on any atom is -0.395 e. The van der Waals surface area contributed by atoms with Gasteiger partial charge in [-0.2, -0.15) is 0 Å². The molecule has 0 aromatic rings. The summed E-state index contributed by atoms with van der Waals surface area (Å²) in [5, 5.41) is 8.50. The van der Waals surface area contributed by atoms with Gasteiger partial charge < -0.3 is 10.0 Å². The highest BCUT2D eigenvalue weighted by Crippen LogP contribution is 2.07. The Hall–Kier alpha value is -0.420. The molecule has 1 aliphatic heterocycles. The number of nitrogens with zero attached hydrogens (tertiary/aromatic N) is 1. The quantitative estimate of drug-likeness (QED) is 0.663. The molecule has 0 aliphatic carbocycles. The van der Waals surface area contributed by atoms with Gasteiger partial charge in [0.05, 0.1) is 6.61 Å². The summed E-state index contributed by atoms with van der Waals surface area (Å²) in [6, 6.07) is 0. The van der Waals surface area contributed by atoms with E-state index in [9.17, 15) is 9.00 Å². The van der Waals surface area contributed by atoms with Crippen LogP contribution in [-0.4, -0.2) is 51.3 Å². The lowest BCUT2D eigenvalue weighted by atomic mass is 10.4. The molecule has 0 saturated carbocycles. The van der Waals surface area contributed by atoms with E-state index in [1.807, 2.05) is 0 Å². The van der Waals surface area contributed by atoms with Crippen LogP contribution in [0.3, 0.4) is 0 Å². The van der Waals surface area contributed by atoms with Gasteiger partial charge in [-0.05, 0) is 12.8 Å². The molecule has 1 N–H and O–H groups in total. The second-order valence-electron chi connectivity index (χ2n) is 3.10. The summed E-state index contributed by atoms with van der Waals surface area (Å²) in [5.74, 6) is 0.240. The predicted molar refractivity (Wildman–Crippen MR) is 50.8 cm³/mol. The average molecular weight is 205 g/mol. The first-order valence-corrected chi connectivity index (χ1v) is 5.96. The Labute approximate surface area is 80.4 Å². The molecule has 0 radical (unpaired) electrons. The summed E-state index contributed by atoms with van der Waals surface area (Å²) in [7, 11) is -1.19. The zero-order valence-electron chi connectivity index (χ0n) is 7.57. The standard InChI is InChI=1S/C8H15NO3S/c10-5-6-13(12)7-8(11)9-3-1-2-4-9/h10H,1-7H2. The monoisotopic (exact) mass is 205 g/mol. The number of rotatable bonds is 4. The molecule has 1 heterocycles. The molecule has 1 amide bonds. The van der Waals surface area contributed by atoms with Crippen molar-refractivity contribution in [1.29, 1.82) is 0 Å². The van der Waals surface area contributed by atoms with Crippen LogP contribution in [0, 0.1) is 0 Å². The van der Waals surface area contributed by atoms with Gasteiger partial charge in [0.15, 0.2) is 0 Å². The molecule has 1 rings (SSSR count). The number of carbonyl (C=O) groups is 1. The Bertz CT molecular complexity index is 202. The molecule has 0 bridgehead atoms. The second kappa shape index (κ2) is 5.34. The van der Waals surface area contributed by atoms with E-state index in [0.717, 1.165) is 25.9 Å². The van der Waals surface area contributed by atoms with E-state index in [1.165, 1.54) is 0 Å². The van der Waals surface area contributed by atoms with Gasteiger partial charge >= 0.3 is 0 Å². The maximum Gasteiger partial charge on any atom is 0.235 e. The fourth-order valence-corrected chi connectivity index (χ4v) is 2.18. The lowest BCUT2D eigenvalue weighted by molar-refractivity contribution is -0.127. The maximum atomic E-state index is 11.4. The third-order valence-corrected chi connectivity index (χ3v) is 3.27. The van der Waals surface area contributed by atoms with Crippen molar-refractivity contribution in [3.05, 3.63) is 0 Å². The van der Waals surface area contributed by atoms with Crippen molar-refractivity contribution in [1.82, 2.24) is 4.90 Å². The zero-order valence-corrected chi connectivity index (χ0v) is 8.39. The number of hydrogen-bond acceptors (Lipinski definition) is 3. The van der Waals surface area contributed by atoms with Crippen molar-refractivity contribution in [2.75, 3.05) is 31.2 Å². The van der Waals surface area contributed by atoms with Gasteiger partial charge in [0.2, 0.25) is 5.91 Å². The minimum absolute atomic E-state index is 0.0377. The topological polar surface area (TPSA) is 57.6 Å². The third kappa shape index (κ3) is 3.44. The van der Waals surface area contributed by atoms with E-state index in [4.69, 9.17) is 5.11 Å². The van der Waals surface area contributed by atoms with Crippen LogP contribution < -0.4 is 0 Å². The van der Waals surface area contributed by atoms with E-state index in [1.54, 1.807) is 4.90 Å². The first-order chi connectivity index (χ1) is 6.24. The lowest BCUT2D eigenvalue weighted by Crippen LogP contribution is -2.32. The molecule has 4 nitrogen and oxygen atoms in total. The van der Waals surface area contributed by atoms with E-state index >= 15 is 0 Å². The van der Waals surface area contributed by atoms with Crippen molar-refractivity contribution in [3.63, 3.8) is 0 Å².